The van der Waals surface area contributed by atoms with Crippen molar-refractivity contribution in [3.05, 3.63) is 39.4 Å². The highest BCUT2D eigenvalue weighted by Gasteiger charge is 2.34. The molecule has 2 aromatic heterocycles. The number of carbonyl (C=O) groups is 2. The van der Waals surface area contributed by atoms with Crippen molar-refractivity contribution in [1.82, 2.24) is 4.98 Å². The van der Waals surface area contributed by atoms with Crippen LogP contribution in [0.25, 0.3) is 0 Å². The Bertz CT molecular complexity index is 1130. The molecule has 1 atom stereocenters. The molecule has 0 bridgehead atoms. The summed E-state index contributed by atoms with van der Waals surface area (Å²) in [5, 5.41) is 13.6. The highest BCUT2D eigenvalue weighted by Crippen LogP contribution is 2.44. The van der Waals surface area contributed by atoms with Crippen LogP contribution in [-0.2, 0) is 28.8 Å². The summed E-state index contributed by atoms with van der Waals surface area (Å²) in [6, 6.07) is 5.89. The van der Waals surface area contributed by atoms with E-state index in [1.54, 1.807) is 6.07 Å². The van der Waals surface area contributed by atoms with Crippen molar-refractivity contribution in [2.75, 3.05) is 18.2 Å². The van der Waals surface area contributed by atoms with Gasteiger partial charge in [0.15, 0.2) is 0 Å². The highest BCUT2D eigenvalue weighted by atomic mass is 32.2. The number of aromatic nitrogens is 1. The predicted octanol–water partition coefficient (Wildman–Crippen LogP) is 6.27. The fraction of sp³-hybridized carbons (Fsp3) is 0.556. The average Bonchev–Trinajstić information content (AvgIpc) is 3.14. The zero-order chi connectivity index (χ0) is 25.8. The lowest BCUT2D eigenvalue weighted by atomic mass is 9.72. The lowest BCUT2D eigenvalue weighted by Crippen LogP contribution is -2.26. The molecule has 2 aromatic rings. The van der Waals surface area contributed by atoms with Gasteiger partial charge >= 0.3 is 5.97 Å². The van der Waals surface area contributed by atoms with Crippen molar-refractivity contribution in [2.24, 2.45) is 17.3 Å². The Kier molecular flexibility index (Phi) is 9.00. The summed E-state index contributed by atoms with van der Waals surface area (Å²) in [6.45, 7) is 11.0. The molecular weight excluding hydrogens is 478 g/mol. The van der Waals surface area contributed by atoms with Gasteiger partial charge in [-0.3, -0.25) is 4.79 Å². The first-order valence-corrected chi connectivity index (χ1v) is 13.9. The average molecular weight is 514 g/mol. The summed E-state index contributed by atoms with van der Waals surface area (Å²) < 4.78 is 5.05. The third-order valence-electron chi connectivity index (χ3n) is 6.36. The SMILES string of the molecule is COC(=O)c1c(NC(=O)CCSc2nc(CC(C)C)ccc2C#N)sc2c1CCC(C(C)(C)C)C2. The summed E-state index contributed by atoms with van der Waals surface area (Å²) in [5.41, 5.74) is 3.20. The van der Waals surface area contributed by atoms with Gasteiger partial charge < -0.3 is 10.1 Å². The number of hydrogen-bond donors (Lipinski definition) is 1. The van der Waals surface area contributed by atoms with E-state index >= 15 is 0 Å². The number of thioether (sulfide) groups is 1. The smallest absolute Gasteiger partial charge is 0.341 e. The molecule has 3 rings (SSSR count). The summed E-state index contributed by atoms with van der Waals surface area (Å²) >= 11 is 2.92. The number of anilines is 1. The molecule has 6 nitrogen and oxygen atoms in total. The molecule has 0 fully saturated rings. The number of ether oxygens (including phenoxy) is 1. The molecule has 8 heteroatoms. The fourth-order valence-electron chi connectivity index (χ4n) is 4.37. The van der Waals surface area contributed by atoms with Crippen molar-refractivity contribution in [3.8, 4) is 6.07 Å². The summed E-state index contributed by atoms with van der Waals surface area (Å²) in [5.74, 6) is 0.936. The predicted molar refractivity (Wildman–Crippen MR) is 142 cm³/mol. The quantitative estimate of drug-likeness (QED) is 0.330. The second kappa shape index (κ2) is 11.6. The van der Waals surface area contributed by atoms with E-state index in [4.69, 9.17) is 4.74 Å². The molecule has 188 valence electrons. The van der Waals surface area contributed by atoms with E-state index in [1.807, 2.05) is 6.07 Å². The molecule has 1 unspecified atom stereocenters. The van der Waals surface area contributed by atoms with Gasteiger partial charge in [-0.1, -0.05) is 34.6 Å². The number of amides is 1. The molecule has 0 saturated heterocycles. The Balaban J connectivity index is 1.69. The molecule has 1 N–H and O–H groups in total. The lowest BCUT2D eigenvalue weighted by Gasteiger charge is -2.33. The van der Waals surface area contributed by atoms with Crippen molar-refractivity contribution in [3.63, 3.8) is 0 Å². The number of thiophene rings is 1. The number of rotatable bonds is 8. The van der Waals surface area contributed by atoms with Crippen LogP contribution in [0.3, 0.4) is 0 Å². The molecule has 0 aliphatic heterocycles. The molecule has 1 aliphatic rings. The number of nitrogens with zero attached hydrogens (tertiary/aromatic N) is 2. The molecule has 0 aromatic carbocycles. The number of fused-ring (bicyclic) bond motifs is 1. The minimum Gasteiger partial charge on any atom is -0.465 e. The Morgan fingerprint density at radius 3 is 2.71 bits per heavy atom. The van der Waals surface area contributed by atoms with Gasteiger partial charge in [-0.25, -0.2) is 9.78 Å². The maximum Gasteiger partial charge on any atom is 0.341 e. The number of pyridine rings is 1. The molecule has 35 heavy (non-hydrogen) atoms. The van der Waals surface area contributed by atoms with Gasteiger partial charge in [0.25, 0.3) is 0 Å². The topological polar surface area (TPSA) is 92.1 Å². The standard InChI is InChI=1S/C27H35N3O3S2/c1-16(2)13-19-9-7-17(15-28)24(29-19)34-12-11-22(31)30-25-23(26(32)33-6)20-10-8-18(27(3,4)5)14-21(20)35-25/h7,9,16,18H,8,10-14H2,1-6H3,(H,30,31). The maximum absolute atomic E-state index is 12.8. The summed E-state index contributed by atoms with van der Waals surface area (Å²) in [7, 11) is 1.38. The second-order valence-electron chi connectivity index (χ2n) is 10.5. The monoisotopic (exact) mass is 513 g/mol. The first kappa shape index (κ1) is 27.2. The van der Waals surface area contributed by atoms with Crippen molar-refractivity contribution in [1.29, 1.82) is 5.26 Å². The Morgan fingerprint density at radius 1 is 1.34 bits per heavy atom. The Hall–Kier alpha value is -2.37. The number of carbonyl (C=O) groups excluding carboxylic acids is 2. The molecule has 2 heterocycles. The zero-order valence-electron chi connectivity index (χ0n) is 21.5. The molecule has 1 amide bonds. The minimum absolute atomic E-state index is 0.162. The third-order valence-corrected chi connectivity index (χ3v) is 8.52. The van der Waals surface area contributed by atoms with E-state index in [0.29, 0.717) is 38.7 Å². The van der Waals surface area contributed by atoms with Crippen LogP contribution in [0, 0.1) is 28.6 Å². The third kappa shape index (κ3) is 6.86. The molecule has 0 radical (unpaired) electrons. The van der Waals surface area contributed by atoms with Crippen molar-refractivity contribution >= 4 is 40.0 Å². The van der Waals surface area contributed by atoms with Gasteiger partial charge in [-0.2, -0.15) is 5.26 Å². The van der Waals surface area contributed by atoms with Gasteiger partial charge in [0, 0.05) is 22.7 Å². The second-order valence-corrected chi connectivity index (χ2v) is 12.7. The number of esters is 1. The van der Waals surface area contributed by atoms with Gasteiger partial charge in [0.2, 0.25) is 5.91 Å². The number of methoxy groups -OCH3 is 1. The van der Waals surface area contributed by atoms with Crippen LogP contribution in [0.15, 0.2) is 17.2 Å². The van der Waals surface area contributed by atoms with Crippen LogP contribution in [0.2, 0.25) is 0 Å². The van der Waals surface area contributed by atoms with E-state index < -0.39 is 5.97 Å². The molecular formula is C27H35N3O3S2. The zero-order valence-corrected chi connectivity index (χ0v) is 23.1. The van der Waals surface area contributed by atoms with Gasteiger partial charge in [-0.15, -0.1) is 23.1 Å². The number of nitriles is 1. The molecule has 0 spiro atoms. The van der Waals surface area contributed by atoms with Crippen LogP contribution in [0.5, 0.6) is 0 Å². The normalized spacial score (nSPS) is 15.4. The Morgan fingerprint density at radius 2 is 2.09 bits per heavy atom. The van der Waals surface area contributed by atoms with Crippen LogP contribution >= 0.6 is 23.1 Å². The minimum atomic E-state index is -0.397. The molecule has 0 saturated carbocycles. The lowest BCUT2D eigenvalue weighted by molar-refractivity contribution is -0.115. The largest absolute Gasteiger partial charge is 0.465 e. The van der Waals surface area contributed by atoms with Crippen LogP contribution < -0.4 is 5.32 Å². The van der Waals surface area contributed by atoms with E-state index in [0.717, 1.165) is 36.9 Å². The van der Waals surface area contributed by atoms with Gasteiger partial charge in [0.05, 0.1) is 18.2 Å². The molecule has 1 aliphatic carbocycles. The van der Waals surface area contributed by atoms with E-state index in [9.17, 15) is 14.9 Å². The van der Waals surface area contributed by atoms with Gasteiger partial charge in [-0.05, 0) is 60.6 Å². The maximum atomic E-state index is 12.8. The van der Waals surface area contributed by atoms with Crippen LogP contribution in [0.4, 0.5) is 5.00 Å². The first-order chi connectivity index (χ1) is 16.5. The number of hydrogen-bond acceptors (Lipinski definition) is 7. The van der Waals surface area contributed by atoms with E-state index in [-0.39, 0.29) is 17.7 Å². The van der Waals surface area contributed by atoms with E-state index in [1.165, 1.54) is 35.1 Å². The van der Waals surface area contributed by atoms with Crippen LogP contribution in [-0.4, -0.2) is 29.7 Å². The van der Waals surface area contributed by atoms with Gasteiger partial charge in [0.1, 0.15) is 16.1 Å². The Labute approximate surface area is 216 Å². The van der Waals surface area contributed by atoms with Crippen LogP contribution in [0.1, 0.15) is 79.5 Å². The van der Waals surface area contributed by atoms with Crippen molar-refractivity contribution < 1.29 is 14.3 Å². The number of nitrogens with one attached hydrogen (secondary N) is 1. The van der Waals surface area contributed by atoms with Crippen molar-refractivity contribution in [2.45, 2.75) is 71.7 Å². The highest BCUT2D eigenvalue weighted by molar-refractivity contribution is 7.99. The fourth-order valence-corrected chi connectivity index (χ4v) is 6.63. The summed E-state index contributed by atoms with van der Waals surface area (Å²) in [6.07, 6.45) is 3.84. The first-order valence-electron chi connectivity index (χ1n) is 12.1. The summed E-state index contributed by atoms with van der Waals surface area (Å²) in [4.78, 5) is 31.2. The van der Waals surface area contributed by atoms with E-state index in [2.05, 4.69) is 51.0 Å².